The highest BCUT2D eigenvalue weighted by Crippen LogP contribution is 2.17. The van der Waals surface area contributed by atoms with Crippen molar-refractivity contribution in [3.8, 4) is 0 Å². The van der Waals surface area contributed by atoms with Crippen LogP contribution in [0.25, 0.3) is 0 Å². The number of nitrogens with zero attached hydrogens (tertiary/aromatic N) is 1. The number of nitrogens with one attached hydrogen (secondary N) is 1. The fourth-order valence-electron chi connectivity index (χ4n) is 3.22. The van der Waals surface area contributed by atoms with Gasteiger partial charge in [0.1, 0.15) is 6.61 Å². The van der Waals surface area contributed by atoms with Crippen molar-refractivity contribution < 1.29 is 24.2 Å². The number of amides is 2. The Morgan fingerprint density at radius 1 is 1.23 bits per heavy atom. The molecular formula is C23H32N2O5. The number of carbonyl (C=O) groups excluding carboxylic acids is 3. The molecule has 1 aromatic rings. The van der Waals surface area contributed by atoms with Crippen LogP contribution >= 0.6 is 0 Å². The molecule has 30 heavy (non-hydrogen) atoms. The van der Waals surface area contributed by atoms with Gasteiger partial charge in [-0.2, -0.15) is 0 Å². The molecule has 1 aliphatic rings. The highest BCUT2D eigenvalue weighted by molar-refractivity contribution is 5.86. The van der Waals surface area contributed by atoms with Crippen LogP contribution in [0.4, 0.5) is 0 Å². The van der Waals surface area contributed by atoms with Crippen LogP contribution in [0.3, 0.4) is 0 Å². The van der Waals surface area contributed by atoms with Gasteiger partial charge in [0.2, 0.25) is 11.8 Å². The minimum atomic E-state index is -0.730. The highest BCUT2D eigenvalue weighted by atomic mass is 16.5. The van der Waals surface area contributed by atoms with Crippen LogP contribution in [0.15, 0.2) is 42.5 Å². The normalized spacial score (nSPS) is 19.8. The summed E-state index contributed by atoms with van der Waals surface area (Å²) in [4.78, 5) is 39.2. The Balaban J connectivity index is 2.11. The predicted molar refractivity (Wildman–Crippen MR) is 113 cm³/mol. The van der Waals surface area contributed by atoms with E-state index >= 15 is 0 Å². The van der Waals surface area contributed by atoms with E-state index in [0.29, 0.717) is 19.4 Å². The van der Waals surface area contributed by atoms with E-state index < -0.39 is 11.5 Å². The quantitative estimate of drug-likeness (QED) is 0.547. The molecule has 0 radical (unpaired) electrons. The second kappa shape index (κ2) is 11.5. The number of esters is 1. The Morgan fingerprint density at radius 3 is 2.67 bits per heavy atom. The summed E-state index contributed by atoms with van der Waals surface area (Å²) in [6.07, 6.45) is 4.94. The van der Waals surface area contributed by atoms with Crippen molar-refractivity contribution >= 4 is 17.8 Å². The summed E-state index contributed by atoms with van der Waals surface area (Å²) in [5, 5.41) is 12.3. The topological polar surface area (TPSA) is 95.9 Å². The first-order valence-corrected chi connectivity index (χ1v) is 10.4. The van der Waals surface area contributed by atoms with Crippen molar-refractivity contribution in [3.05, 3.63) is 48.0 Å². The predicted octanol–water partition coefficient (Wildman–Crippen LogP) is 2.19. The van der Waals surface area contributed by atoms with Gasteiger partial charge in [-0.25, -0.2) is 0 Å². The number of ether oxygens (including phenoxy) is 1. The standard InChI is InChI=1S/C23H32N2O5/c1-23(2)17-30-21(28)12-8-4-7-11-19(22(29)24-23)15-20(27)25(13-14-26)16-18-9-5-3-6-10-18/h3-7,9-10,19,26H,8,11-17H2,1-2H3,(H,24,29)/t19-/m1/s1. The first kappa shape index (κ1) is 23.6. The number of rotatable bonds is 6. The van der Waals surface area contributed by atoms with E-state index in [2.05, 4.69) is 5.32 Å². The van der Waals surface area contributed by atoms with Gasteiger partial charge in [0, 0.05) is 25.9 Å². The second-order valence-electron chi connectivity index (χ2n) is 8.21. The average Bonchev–Trinajstić information content (AvgIpc) is 2.70. The van der Waals surface area contributed by atoms with E-state index in [0.717, 1.165) is 5.56 Å². The fourth-order valence-corrected chi connectivity index (χ4v) is 3.22. The molecule has 0 aromatic heterocycles. The SMILES string of the molecule is CC1(C)COC(=O)CCC=CC[C@H](CC(=O)N(CCO)Cc2ccccc2)C(=O)N1. The highest BCUT2D eigenvalue weighted by Gasteiger charge is 2.29. The molecule has 0 saturated heterocycles. The molecule has 7 heteroatoms. The van der Waals surface area contributed by atoms with Crippen LogP contribution in [-0.4, -0.2) is 53.1 Å². The van der Waals surface area contributed by atoms with E-state index in [1.165, 1.54) is 0 Å². The van der Waals surface area contributed by atoms with Crippen molar-refractivity contribution in [2.24, 2.45) is 5.92 Å². The van der Waals surface area contributed by atoms with Crippen molar-refractivity contribution in [2.75, 3.05) is 19.8 Å². The minimum absolute atomic E-state index is 0.0406. The Labute approximate surface area is 178 Å². The number of allylic oxidation sites excluding steroid dienone is 2. The maximum atomic E-state index is 13.0. The van der Waals surface area contributed by atoms with Gasteiger partial charge < -0.3 is 20.1 Å². The molecule has 0 aliphatic carbocycles. The number of hydrogen-bond donors (Lipinski definition) is 2. The number of carbonyl (C=O) groups is 3. The lowest BCUT2D eigenvalue weighted by Gasteiger charge is -2.29. The van der Waals surface area contributed by atoms with E-state index in [1.54, 1.807) is 18.7 Å². The molecule has 7 nitrogen and oxygen atoms in total. The zero-order chi connectivity index (χ0) is 22.0. The lowest BCUT2D eigenvalue weighted by molar-refractivity contribution is -0.146. The van der Waals surface area contributed by atoms with Crippen LogP contribution in [0.2, 0.25) is 0 Å². The number of hydrogen-bond acceptors (Lipinski definition) is 5. The van der Waals surface area contributed by atoms with Crippen molar-refractivity contribution in [3.63, 3.8) is 0 Å². The van der Waals surface area contributed by atoms with Crippen molar-refractivity contribution in [2.45, 2.75) is 51.6 Å². The van der Waals surface area contributed by atoms with Gasteiger partial charge in [-0.05, 0) is 32.3 Å². The zero-order valence-electron chi connectivity index (χ0n) is 17.8. The van der Waals surface area contributed by atoms with Crippen molar-refractivity contribution in [1.82, 2.24) is 10.2 Å². The largest absolute Gasteiger partial charge is 0.463 e. The Bertz CT molecular complexity index is 745. The summed E-state index contributed by atoms with van der Waals surface area (Å²) in [6, 6.07) is 9.55. The van der Waals surface area contributed by atoms with Gasteiger partial charge in [-0.15, -0.1) is 0 Å². The molecule has 0 bridgehead atoms. The molecule has 2 amide bonds. The van der Waals surface area contributed by atoms with Crippen LogP contribution in [0, 0.1) is 5.92 Å². The Kier molecular flexibility index (Phi) is 9.05. The number of cyclic esters (lactones) is 1. The first-order chi connectivity index (χ1) is 14.3. The molecular weight excluding hydrogens is 384 g/mol. The lowest BCUT2D eigenvalue weighted by Crippen LogP contribution is -2.50. The molecule has 0 unspecified atom stereocenters. The Morgan fingerprint density at radius 2 is 1.97 bits per heavy atom. The van der Waals surface area contributed by atoms with Crippen LogP contribution in [0.1, 0.15) is 45.1 Å². The van der Waals surface area contributed by atoms with Crippen LogP contribution in [0.5, 0.6) is 0 Å². The molecule has 1 atom stereocenters. The summed E-state index contributed by atoms with van der Waals surface area (Å²) >= 11 is 0. The molecule has 0 saturated carbocycles. The molecule has 2 N–H and O–H groups in total. The van der Waals surface area contributed by atoms with Crippen LogP contribution in [-0.2, 0) is 25.7 Å². The van der Waals surface area contributed by atoms with E-state index in [1.807, 2.05) is 42.5 Å². The molecule has 1 aromatic carbocycles. The summed E-state index contributed by atoms with van der Waals surface area (Å²) in [7, 11) is 0. The van der Waals surface area contributed by atoms with Crippen LogP contribution < -0.4 is 5.32 Å². The maximum absolute atomic E-state index is 13.0. The third-order valence-corrected chi connectivity index (χ3v) is 4.89. The second-order valence-corrected chi connectivity index (χ2v) is 8.21. The van der Waals surface area contributed by atoms with Gasteiger partial charge in [0.25, 0.3) is 0 Å². The van der Waals surface area contributed by atoms with Gasteiger partial charge >= 0.3 is 5.97 Å². The third kappa shape index (κ3) is 7.99. The molecule has 1 heterocycles. The number of benzene rings is 1. The van der Waals surface area contributed by atoms with Crippen molar-refractivity contribution in [1.29, 1.82) is 0 Å². The molecule has 164 valence electrons. The van der Waals surface area contributed by atoms with Gasteiger partial charge in [-0.1, -0.05) is 42.5 Å². The van der Waals surface area contributed by atoms with E-state index in [4.69, 9.17) is 4.74 Å². The maximum Gasteiger partial charge on any atom is 0.306 e. The third-order valence-electron chi connectivity index (χ3n) is 4.89. The monoisotopic (exact) mass is 416 g/mol. The fraction of sp³-hybridized carbons (Fsp3) is 0.522. The Hall–Kier alpha value is -2.67. The van der Waals surface area contributed by atoms with E-state index in [9.17, 15) is 19.5 Å². The minimum Gasteiger partial charge on any atom is -0.463 e. The zero-order valence-corrected chi connectivity index (χ0v) is 17.8. The summed E-state index contributed by atoms with van der Waals surface area (Å²) in [6.45, 7) is 4.09. The van der Waals surface area contributed by atoms with Gasteiger partial charge in [-0.3, -0.25) is 14.4 Å². The van der Waals surface area contributed by atoms with E-state index in [-0.39, 0.29) is 50.4 Å². The molecule has 0 spiro atoms. The lowest BCUT2D eigenvalue weighted by atomic mass is 9.96. The number of aliphatic hydroxyl groups excluding tert-OH is 1. The molecule has 0 fully saturated rings. The first-order valence-electron chi connectivity index (χ1n) is 10.4. The summed E-state index contributed by atoms with van der Waals surface area (Å²) < 4.78 is 5.24. The summed E-state index contributed by atoms with van der Waals surface area (Å²) in [5.41, 5.74) is 0.233. The average molecular weight is 417 g/mol. The smallest absolute Gasteiger partial charge is 0.306 e. The van der Waals surface area contributed by atoms with Gasteiger partial charge in [0.15, 0.2) is 0 Å². The molecule has 2 rings (SSSR count). The summed E-state index contributed by atoms with van der Waals surface area (Å²) in [5.74, 6) is -1.27. The number of aliphatic hydroxyl groups is 1. The molecule has 1 aliphatic heterocycles. The van der Waals surface area contributed by atoms with Gasteiger partial charge in [0.05, 0.1) is 18.1 Å².